The summed E-state index contributed by atoms with van der Waals surface area (Å²) in [4.78, 5) is 29.5. The summed E-state index contributed by atoms with van der Waals surface area (Å²) in [5.74, 6) is -1.00. The molecule has 1 aromatic heterocycles. The van der Waals surface area contributed by atoms with Crippen LogP contribution in [-0.2, 0) is 25.6 Å². The summed E-state index contributed by atoms with van der Waals surface area (Å²) in [5, 5.41) is 6.77. The number of nitrogens with one attached hydrogen (secondary N) is 1. The van der Waals surface area contributed by atoms with Gasteiger partial charge in [-0.3, -0.25) is 14.7 Å². The van der Waals surface area contributed by atoms with Gasteiger partial charge in [0.05, 0.1) is 43.3 Å². The molecule has 0 saturated carbocycles. The lowest BCUT2D eigenvalue weighted by molar-refractivity contribution is -0.143. The van der Waals surface area contributed by atoms with Crippen molar-refractivity contribution >= 4 is 11.8 Å². The lowest BCUT2D eigenvalue weighted by Gasteiger charge is -2.27. The van der Waals surface area contributed by atoms with Crippen LogP contribution in [0.2, 0.25) is 0 Å². The number of aromatic amines is 1. The van der Waals surface area contributed by atoms with E-state index in [2.05, 4.69) is 10.2 Å². The van der Waals surface area contributed by atoms with Crippen LogP contribution in [0.1, 0.15) is 12.6 Å². The van der Waals surface area contributed by atoms with E-state index in [1.54, 1.807) is 23.0 Å². The minimum atomic E-state index is -0.664. The van der Waals surface area contributed by atoms with Crippen molar-refractivity contribution in [1.29, 1.82) is 0 Å². The molecule has 2 amide bonds. The number of carbonyl (C=O) groups is 2. The maximum absolute atomic E-state index is 13.1. The van der Waals surface area contributed by atoms with Crippen LogP contribution in [0.5, 0.6) is 0 Å². The molecule has 0 aliphatic carbocycles. The van der Waals surface area contributed by atoms with E-state index in [9.17, 15) is 9.59 Å². The summed E-state index contributed by atoms with van der Waals surface area (Å²) in [7, 11) is 1.75. The number of fused-ring (bicyclic) bond motifs is 1. The second kappa shape index (κ2) is 6.51. The number of aromatic nitrogens is 2. The van der Waals surface area contributed by atoms with Gasteiger partial charge in [-0.1, -0.05) is 12.2 Å². The molecule has 2 fully saturated rings. The number of rotatable bonds is 7. The van der Waals surface area contributed by atoms with Gasteiger partial charge in [-0.25, -0.2) is 0 Å². The van der Waals surface area contributed by atoms with Gasteiger partial charge in [0.15, 0.2) is 0 Å². The molecule has 3 aliphatic rings. The van der Waals surface area contributed by atoms with Crippen LogP contribution < -0.4 is 0 Å². The van der Waals surface area contributed by atoms with E-state index in [0.717, 1.165) is 5.69 Å². The monoisotopic (exact) mass is 360 g/mol. The first-order valence-corrected chi connectivity index (χ1v) is 9.02. The van der Waals surface area contributed by atoms with Crippen molar-refractivity contribution in [2.45, 2.75) is 25.2 Å². The molecule has 8 nitrogen and oxygen atoms in total. The number of likely N-dealkylation sites (tertiary alicyclic amines) is 1. The molecular weight excluding hydrogens is 336 g/mol. The Labute approximate surface area is 152 Å². The van der Waals surface area contributed by atoms with E-state index in [1.807, 2.05) is 25.1 Å². The van der Waals surface area contributed by atoms with Crippen LogP contribution in [0.4, 0.5) is 0 Å². The lowest BCUT2D eigenvalue weighted by Crippen LogP contribution is -2.44. The third-order valence-corrected chi connectivity index (χ3v) is 5.52. The van der Waals surface area contributed by atoms with Crippen molar-refractivity contribution in [3.8, 4) is 0 Å². The van der Waals surface area contributed by atoms with Crippen LogP contribution in [0.15, 0.2) is 24.4 Å². The smallest absolute Gasteiger partial charge is 0.230 e. The molecule has 8 heteroatoms. The van der Waals surface area contributed by atoms with Gasteiger partial charge in [-0.15, -0.1) is 0 Å². The number of H-pyrrole nitrogens is 1. The predicted molar refractivity (Wildman–Crippen MR) is 91.9 cm³/mol. The van der Waals surface area contributed by atoms with Gasteiger partial charge in [0.25, 0.3) is 0 Å². The van der Waals surface area contributed by atoms with Crippen molar-refractivity contribution < 1.29 is 19.1 Å². The Kier molecular flexibility index (Phi) is 4.32. The highest BCUT2D eigenvalue weighted by atomic mass is 16.5. The normalized spacial score (nSPS) is 31.7. The second-order valence-electron chi connectivity index (χ2n) is 7.13. The van der Waals surface area contributed by atoms with Crippen LogP contribution >= 0.6 is 0 Å². The number of ether oxygens (including phenoxy) is 2. The van der Waals surface area contributed by atoms with Gasteiger partial charge in [-0.2, -0.15) is 5.10 Å². The molecule has 3 aliphatic heterocycles. The van der Waals surface area contributed by atoms with Crippen LogP contribution in [-0.4, -0.2) is 76.9 Å². The fraction of sp³-hybridized carbons (Fsp3) is 0.611. The summed E-state index contributed by atoms with van der Waals surface area (Å²) < 4.78 is 11.5. The number of carbonyl (C=O) groups excluding carboxylic acids is 2. The summed E-state index contributed by atoms with van der Waals surface area (Å²) in [5.41, 5.74) is 0.189. The molecule has 0 radical (unpaired) electrons. The zero-order valence-corrected chi connectivity index (χ0v) is 15.1. The fourth-order valence-electron chi connectivity index (χ4n) is 4.33. The standard InChI is InChI=1S/C18H24N4O4/c1-3-25-9-8-22-11-18-6-4-13(26-18)14(15(18)17(22)24)16(23)21(2)10-12-5-7-19-20-12/h4-7,13-15H,3,8-11H2,1-2H3,(H,19,20)/t13-,14-,15+,18-/m0/s1. The fourth-order valence-corrected chi connectivity index (χ4v) is 4.33. The average molecular weight is 360 g/mol. The first kappa shape index (κ1) is 17.2. The first-order chi connectivity index (χ1) is 12.6. The van der Waals surface area contributed by atoms with E-state index >= 15 is 0 Å². The summed E-state index contributed by atoms with van der Waals surface area (Å²) >= 11 is 0. The Bertz CT molecular complexity index is 719. The highest BCUT2D eigenvalue weighted by molar-refractivity contribution is 5.93. The minimum Gasteiger partial charge on any atom is -0.380 e. The van der Waals surface area contributed by atoms with Gasteiger partial charge in [-0.05, 0) is 13.0 Å². The van der Waals surface area contributed by atoms with Gasteiger partial charge < -0.3 is 19.3 Å². The second-order valence-corrected chi connectivity index (χ2v) is 7.13. The number of nitrogens with zero attached hydrogens (tertiary/aromatic N) is 3. The van der Waals surface area contributed by atoms with Gasteiger partial charge >= 0.3 is 0 Å². The zero-order valence-electron chi connectivity index (χ0n) is 15.1. The largest absolute Gasteiger partial charge is 0.380 e. The molecule has 1 spiro atoms. The van der Waals surface area contributed by atoms with Crippen LogP contribution in [0.3, 0.4) is 0 Å². The van der Waals surface area contributed by atoms with E-state index < -0.39 is 17.4 Å². The van der Waals surface area contributed by atoms with E-state index in [-0.39, 0.29) is 17.9 Å². The molecule has 4 rings (SSSR count). The van der Waals surface area contributed by atoms with E-state index in [1.165, 1.54) is 0 Å². The van der Waals surface area contributed by atoms with Crippen molar-refractivity contribution in [2.24, 2.45) is 11.8 Å². The minimum absolute atomic E-state index is 0.00940. The van der Waals surface area contributed by atoms with E-state index in [4.69, 9.17) is 9.47 Å². The molecule has 0 unspecified atom stereocenters. The summed E-state index contributed by atoms with van der Waals surface area (Å²) in [6.07, 6.45) is 5.24. The van der Waals surface area contributed by atoms with Gasteiger partial charge in [0.1, 0.15) is 5.60 Å². The first-order valence-electron chi connectivity index (χ1n) is 9.02. The molecule has 4 heterocycles. The molecule has 2 bridgehead atoms. The van der Waals surface area contributed by atoms with Crippen molar-refractivity contribution in [2.75, 3.05) is 33.4 Å². The maximum atomic E-state index is 13.1. The Morgan fingerprint density at radius 2 is 2.42 bits per heavy atom. The molecule has 0 aromatic carbocycles. The SMILES string of the molecule is CCOCCN1C[C@]23C=C[C@H](O2)[C@H](C(=O)N(C)Cc2ccn[nH]2)[C@@H]3C1=O. The number of hydrogen-bond acceptors (Lipinski definition) is 5. The maximum Gasteiger partial charge on any atom is 0.230 e. The Hall–Kier alpha value is -2.19. The van der Waals surface area contributed by atoms with Crippen LogP contribution in [0.25, 0.3) is 0 Å². The highest BCUT2D eigenvalue weighted by Crippen LogP contribution is 2.52. The number of hydrogen-bond donors (Lipinski definition) is 1. The molecule has 1 aromatic rings. The molecule has 4 atom stereocenters. The summed E-state index contributed by atoms with van der Waals surface area (Å²) in [6, 6.07) is 1.83. The van der Waals surface area contributed by atoms with E-state index in [0.29, 0.717) is 32.8 Å². The predicted octanol–water partition coefficient (Wildman–Crippen LogP) is 0.187. The van der Waals surface area contributed by atoms with Crippen molar-refractivity contribution in [3.63, 3.8) is 0 Å². The lowest BCUT2D eigenvalue weighted by atomic mass is 9.76. The number of amides is 2. The van der Waals surface area contributed by atoms with Crippen molar-refractivity contribution in [1.82, 2.24) is 20.0 Å². The topological polar surface area (TPSA) is 87.8 Å². The Morgan fingerprint density at radius 1 is 1.58 bits per heavy atom. The molecular formula is C18H24N4O4. The molecule has 26 heavy (non-hydrogen) atoms. The highest BCUT2D eigenvalue weighted by Gasteiger charge is 2.66. The molecule has 2 saturated heterocycles. The Balaban J connectivity index is 1.50. The molecule has 1 N–H and O–H groups in total. The molecule has 140 valence electrons. The van der Waals surface area contributed by atoms with Crippen LogP contribution in [0, 0.1) is 11.8 Å². The average Bonchev–Trinajstić information content (AvgIpc) is 3.38. The third kappa shape index (κ3) is 2.64. The quantitative estimate of drug-likeness (QED) is 0.554. The zero-order chi connectivity index (χ0) is 18.3. The van der Waals surface area contributed by atoms with Gasteiger partial charge in [0, 0.05) is 26.4 Å². The summed E-state index contributed by atoms with van der Waals surface area (Å²) in [6.45, 7) is 4.48. The van der Waals surface area contributed by atoms with Gasteiger partial charge in [0.2, 0.25) is 11.8 Å². The third-order valence-electron chi connectivity index (χ3n) is 5.52. The Morgan fingerprint density at radius 3 is 3.15 bits per heavy atom. The van der Waals surface area contributed by atoms with Crippen molar-refractivity contribution in [3.05, 3.63) is 30.1 Å².